The summed E-state index contributed by atoms with van der Waals surface area (Å²) in [5, 5.41) is 12.8. The van der Waals surface area contributed by atoms with Crippen LogP contribution >= 0.6 is 0 Å². The van der Waals surface area contributed by atoms with Crippen molar-refractivity contribution in [2.24, 2.45) is 5.41 Å². The summed E-state index contributed by atoms with van der Waals surface area (Å²) in [7, 11) is -3.17. The molecule has 9 heteroatoms. The number of nitrogens with one attached hydrogen (secondary N) is 1. The molecular weight excluding hydrogens is 404 g/mol. The van der Waals surface area contributed by atoms with E-state index < -0.39 is 10.0 Å². The summed E-state index contributed by atoms with van der Waals surface area (Å²) in [5.41, 5.74) is 1.37. The van der Waals surface area contributed by atoms with Gasteiger partial charge in [-0.15, -0.1) is 0 Å². The number of hydrogen-bond acceptors (Lipinski definition) is 5. The fourth-order valence-electron chi connectivity index (χ4n) is 4.61. The quantitative estimate of drug-likeness (QED) is 0.715. The molecule has 3 heterocycles. The average Bonchev–Trinajstić information content (AvgIpc) is 3.38. The van der Waals surface area contributed by atoms with Crippen molar-refractivity contribution in [1.29, 1.82) is 0 Å². The maximum Gasteiger partial charge on any atom is 0.252 e. The molecule has 4 rings (SSSR count). The van der Waals surface area contributed by atoms with Gasteiger partial charge < -0.3 is 19.7 Å². The van der Waals surface area contributed by atoms with Gasteiger partial charge in [-0.05, 0) is 37.1 Å². The van der Waals surface area contributed by atoms with E-state index in [9.17, 15) is 18.3 Å². The summed E-state index contributed by atoms with van der Waals surface area (Å²) >= 11 is 0. The average molecular weight is 435 g/mol. The van der Waals surface area contributed by atoms with E-state index in [-0.39, 0.29) is 17.9 Å². The highest BCUT2D eigenvalue weighted by Gasteiger charge is 2.33. The third kappa shape index (κ3) is 4.19. The van der Waals surface area contributed by atoms with E-state index in [2.05, 4.69) is 10.2 Å². The molecule has 2 aliphatic rings. The Bertz CT molecular complexity index is 1020. The van der Waals surface area contributed by atoms with Crippen LogP contribution in [0.5, 0.6) is 0 Å². The number of sulfonamides is 1. The first-order chi connectivity index (χ1) is 14.3. The summed E-state index contributed by atoms with van der Waals surface area (Å²) in [6.07, 6.45) is 7.17. The molecule has 0 atom stereocenters. The Morgan fingerprint density at radius 2 is 1.77 bits per heavy atom. The lowest BCUT2D eigenvalue weighted by molar-refractivity contribution is 0.0880. The van der Waals surface area contributed by atoms with Gasteiger partial charge in [-0.2, -0.15) is 4.31 Å². The van der Waals surface area contributed by atoms with Crippen LogP contribution in [0.25, 0.3) is 5.52 Å². The largest absolute Gasteiger partial charge is 0.396 e. The molecule has 8 nitrogen and oxygen atoms in total. The number of nitrogens with zero attached hydrogens (tertiary/aromatic N) is 3. The summed E-state index contributed by atoms with van der Waals surface area (Å²) in [4.78, 5) is 14.9. The molecule has 0 spiro atoms. The standard InChI is InChI=1S/C21H30N4O4S/c1-30(28,29)24-12-10-23(11-13-24)19-7-6-18-5-4-17(14-25(18)19)20(27)22-15-21(16-26)8-2-3-9-21/h4-7,14,26H,2-3,8-13,15-16H2,1H3,(H,22,27). The fourth-order valence-corrected chi connectivity index (χ4v) is 5.44. The number of pyridine rings is 1. The zero-order chi connectivity index (χ0) is 21.4. The first kappa shape index (κ1) is 21.1. The summed E-state index contributed by atoms with van der Waals surface area (Å²) in [5.74, 6) is 0.814. The van der Waals surface area contributed by atoms with E-state index in [1.54, 1.807) is 0 Å². The number of anilines is 1. The number of carbonyl (C=O) groups excluding carboxylic acids is 1. The first-order valence-electron chi connectivity index (χ1n) is 10.5. The van der Waals surface area contributed by atoms with Gasteiger partial charge in [-0.25, -0.2) is 8.42 Å². The molecule has 2 fully saturated rings. The molecule has 1 saturated carbocycles. The number of aliphatic hydroxyl groups is 1. The van der Waals surface area contributed by atoms with Crippen molar-refractivity contribution < 1.29 is 18.3 Å². The molecule has 0 bridgehead atoms. The summed E-state index contributed by atoms with van der Waals surface area (Å²) in [6, 6.07) is 7.74. The van der Waals surface area contributed by atoms with Gasteiger partial charge in [-0.3, -0.25) is 4.79 Å². The number of aromatic nitrogens is 1. The van der Waals surface area contributed by atoms with Crippen LogP contribution in [0, 0.1) is 5.41 Å². The van der Waals surface area contributed by atoms with Crippen molar-refractivity contribution >= 4 is 27.3 Å². The van der Waals surface area contributed by atoms with Gasteiger partial charge in [0.25, 0.3) is 5.91 Å². The van der Waals surface area contributed by atoms with E-state index in [1.165, 1.54) is 10.6 Å². The Hall–Kier alpha value is -2.10. The second-order valence-electron chi connectivity index (χ2n) is 8.60. The van der Waals surface area contributed by atoms with Gasteiger partial charge in [-0.1, -0.05) is 12.8 Å². The molecule has 0 aromatic carbocycles. The van der Waals surface area contributed by atoms with Gasteiger partial charge in [0, 0.05) is 49.9 Å². The monoisotopic (exact) mass is 434 g/mol. The van der Waals surface area contributed by atoms with E-state index in [1.807, 2.05) is 34.9 Å². The molecule has 1 aliphatic heterocycles. The number of rotatable bonds is 6. The van der Waals surface area contributed by atoms with Crippen molar-refractivity contribution in [3.63, 3.8) is 0 Å². The molecule has 1 aliphatic carbocycles. The van der Waals surface area contributed by atoms with Crippen LogP contribution in [0.2, 0.25) is 0 Å². The maximum atomic E-state index is 12.8. The Morgan fingerprint density at radius 1 is 1.10 bits per heavy atom. The van der Waals surface area contributed by atoms with Crippen LogP contribution in [0.3, 0.4) is 0 Å². The van der Waals surface area contributed by atoms with E-state index >= 15 is 0 Å². The van der Waals surface area contributed by atoms with Crippen molar-refractivity contribution in [3.8, 4) is 0 Å². The number of fused-ring (bicyclic) bond motifs is 1. The van der Waals surface area contributed by atoms with Gasteiger partial charge in [0.05, 0.1) is 18.4 Å². The maximum absolute atomic E-state index is 12.8. The molecule has 30 heavy (non-hydrogen) atoms. The normalized spacial score (nSPS) is 20.0. The predicted octanol–water partition coefficient (Wildman–Crippen LogP) is 1.30. The Balaban J connectivity index is 1.48. The summed E-state index contributed by atoms with van der Waals surface area (Å²) < 4.78 is 27.0. The molecule has 0 radical (unpaired) electrons. The topological polar surface area (TPSA) is 94.4 Å². The van der Waals surface area contributed by atoms with Crippen LogP contribution in [-0.2, 0) is 10.0 Å². The zero-order valence-electron chi connectivity index (χ0n) is 17.4. The second-order valence-corrected chi connectivity index (χ2v) is 10.6. The predicted molar refractivity (Wildman–Crippen MR) is 116 cm³/mol. The first-order valence-corrected chi connectivity index (χ1v) is 12.4. The van der Waals surface area contributed by atoms with Gasteiger partial charge >= 0.3 is 0 Å². The smallest absolute Gasteiger partial charge is 0.252 e. The van der Waals surface area contributed by atoms with Gasteiger partial charge in [0.2, 0.25) is 10.0 Å². The lowest BCUT2D eigenvalue weighted by atomic mass is 9.87. The minimum absolute atomic E-state index is 0.105. The van der Waals surface area contributed by atoms with Crippen LogP contribution in [0.15, 0.2) is 30.5 Å². The number of amides is 1. The highest BCUT2D eigenvalue weighted by molar-refractivity contribution is 7.88. The zero-order valence-corrected chi connectivity index (χ0v) is 18.2. The Morgan fingerprint density at radius 3 is 2.40 bits per heavy atom. The number of piperazine rings is 1. The molecular formula is C21H30N4O4S. The Kier molecular flexibility index (Phi) is 5.78. The van der Waals surface area contributed by atoms with Crippen molar-refractivity contribution in [3.05, 3.63) is 36.0 Å². The van der Waals surface area contributed by atoms with Crippen molar-refractivity contribution in [1.82, 2.24) is 14.0 Å². The molecule has 1 amide bonds. The number of aliphatic hydroxyl groups excluding tert-OH is 1. The van der Waals surface area contributed by atoms with E-state index in [0.717, 1.165) is 37.0 Å². The lowest BCUT2D eigenvalue weighted by Crippen LogP contribution is -2.48. The molecule has 1 saturated heterocycles. The Labute approximate surface area is 177 Å². The van der Waals surface area contributed by atoms with E-state index in [4.69, 9.17) is 0 Å². The lowest BCUT2D eigenvalue weighted by Gasteiger charge is -2.34. The summed E-state index contributed by atoms with van der Waals surface area (Å²) in [6.45, 7) is 2.72. The van der Waals surface area contributed by atoms with Crippen LogP contribution < -0.4 is 10.2 Å². The fraction of sp³-hybridized carbons (Fsp3) is 0.571. The SMILES string of the molecule is CS(=O)(=O)N1CCN(c2ccc3ccc(C(=O)NCC4(CO)CCCC4)cn23)CC1. The third-order valence-corrected chi connectivity index (χ3v) is 7.85. The number of carbonyl (C=O) groups is 1. The second kappa shape index (κ2) is 8.20. The van der Waals surface area contributed by atoms with Crippen LogP contribution in [-0.4, -0.2) is 73.7 Å². The highest BCUT2D eigenvalue weighted by atomic mass is 32.2. The van der Waals surface area contributed by atoms with Gasteiger partial charge in [0.15, 0.2) is 0 Å². The minimum Gasteiger partial charge on any atom is -0.396 e. The molecule has 164 valence electrons. The van der Waals surface area contributed by atoms with Crippen molar-refractivity contribution in [2.45, 2.75) is 25.7 Å². The van der Waals surface area contributed by atoms with Crippen LogP contribution in [0.1, 0.15) is 36.0 Å². The van der Waals surface area contributed by atoms with Gasteiger partial charge in [0.1, 0.15) is 5.82 Å². The minimum atomic E-state index is -3.17. The number of hydrogen-bond donors (Lipinski definition) is 2. The molecule has 0 unspecified atom stereocenters. The van der Waals surface area contributed by atoms with Crippen molar-refractivity contribution in [2.75, 3.05) is 50.5 Å². The van der Waals surface area contributed by atoms with Crippen LogP contribution in [0.4, 0.5) is 5.82 Å². The van der Waals surface area contributed by atoms with E-state index in [0.29, 0.717) is 38.3 Å². The third-order valence-electron chi connectivity index (χ3n) is 6.55. The highest BCUT2D eigenvalue weighted by Crippen LogP contribution is 2.37. The molecule has 2 aromatic heterocycles. The molecule has 2 N–H and O–H groups in total. The molecule has 2 aromatic rings.